The van der Waals surface area contributed by atoms with Gasteiger partial charge in [0.25, 0.3) is 5.91 Å². The molecule has 1 amide bonds. The van der Waals surface area contributed by atoms with Gasteiger partial charge in [0.05, 0.1) is 14.7 Å². The molecule has 5 heteroatoms. The molecule has 1 N–H and O–H groups in total. The Morgan fingerprint density at radius 3 is 3.00 bits per heavy atom. The third-order valence-electron chi connectivity index (χ3n) is 1.55. The van der Waals surface area contributed by atoms with E-state index in [2.05, 4.69) is 21.2 Å². The highest BCUT2D eigenvalue weighted by Crippen LogP contribution is 2.21. The molecule has 0 saturated carbocycles. The summed E-state index contributed by atoms with van der Waals surface area (Å²) < 4.78 is 0.944. The quantitative estimate of drug-likeness (QED) is 0.857. The number of nitriles is 1. The first-order valence-corrected chi connectivity index (χ1v) is 5.75. The van der Waals surface area contributed by atoms with Gasteiger partial charge >= 0.3 is 0 Å². The summed E-state index contributed by atoms with van der Waals surface area (Å²) in [6.07, 6.45) is 1.18. The lowest BCUT2D eigenvalue weighted by molar-refractivity contribution is 0.0957. The summed E-state index contributed by atoms with van der Waals surface area (Å²) in [7, 11) is 0. The van der Waals surface area contributed by atoms with Crippen LogP contribution in [0.4, 0.5) is 0 Å². The SMILES string of the molecule is N#CCCCNC(=O)c1ccc(Br)s1. The minimum absolute atomic E-state index is 0.0707. The molecule has 0 radical (unpaired) electrons. The third-order valence-corrected chi connectivity index (χ3v) is 3.17. The standard InChI is InChI=1S/C9H9BrN2OS/c10-8-4-3-7(14-8)9(13)12-6-2-1-5-11/h3-4H,1-2,6H2,(H,12,13). The first-order valence-electron chi connectivity index (χ1n) is 4.14. The Kier molecular flexibility index (Phi) is 4.63. The van der Waals surface area contributed by atoms with Crippen LogP contribution in [0.1, 0.15) is 22.5 Å². The predicted molar refractivity (Wildman–Crippen MR) is 59.2 cm³/mol. The van der Waals surface area contributed by atoms with E-state index in [4.69, 9.17) is 5.26 Å². The Hall–Kier alpha value is -0.860. The zero-order valence-corrected chi connectivity index (χ0v) is 9.82. The fourth-order valence-electron chi connectivity index (χ4n) is 0.893. The van der Waals surface area contributed by atoms with Crippen molar-refractivity contribution in [3.63, 3.8) is 0 Å². The van der Waals surface area contributed by atoms with E-state index < -0.39 is 0 Å². The average Bonchev–Trinajstić information content (AvgIpc) is 2.59. The number of halogens is 1. The van der Waals surface area contributed by atoms with Gasteiger partial charge in [-0.05, 0) is 34.5 Å². The van der Waals surface area contributed by atoms with Crippen molar-refractivity contribution in [3.8, 4) is 6.07 Å². The van der Waals surface area contributed by atoms with Crippen LogP contribution in [-0.2, 0) is 0 Å². The van der Waals surface area contributed by atoms with Gasteiger partial charge in [-0.15, -0.1) is 11.3 Å². The smallest absolute Gasteiger partial charge is 0.261 e. The summed E-state index contributed by atoms with van der Waals surface area (Å²) in [6, 6.07) is 5.64. The maximum Gasteiger partial charge on any atom is 0.261 e. The van der Waals surface area contributed by atoms with Gasteiger partial charge < -0.3 is 5.32 Å². The molecule has 0 aliphatic rings. The molecule has 0 aliphatic carbocycles. The molecule has 14 heavy (non-hydrogen) atoms. The van der Waals surface area contributed by atoms with Crippen LogP contribution in [0.3, 0.4) is 0 Å². The van der Waals surface area contributed by atoms with Crippen molar-refractivity contribution in [2.45, 2.75) is 12.8 Å². The molecule has 0 unspecified atom stereocenters. The number of nitrogens with zero attached hydrogens (tertiary/aromatic N) is 1. The maximum atomic E-state index is 11.4. The zero-order valence-electron chi connectivity index (χ0n) is 7.42. The molecule has 0 saturated heterocycles. The van der Waals surface area contributed by atoms with Crippen molar-refractivity contribution in [3.05, 3.63) is 20.8 Å². The Balaban J connectivity index is 2.33. The molecule has 3 nitrogen and oxygen atoms in total. The molecular weight excluding hydrogens is 264 g/mol. The summed E-state index contributed by atoms with van der Waals surface area (Å²) in [5, 5.41) is 11.0. The van der Waals surface area contributed by atoms with E-state index in [0.717, 1.165) is 3.79 Å². The highest BCUT2D eigenvalue weighted by molar-refractivity contribution is 9.11. The highest BCUT2D eigenvalue weighted by Gasteiger charge is 2.06. The Morgan fingerprint density at radius 2 is 2.43 bits per heavy atom. The second kappa shape index (κ2) is 5.78. The fraction of sp³-hybridized carbons (Fsp3) is 0.333. The van der Waals surface area contributed by atoms with E-state index >= 15 is 0 Å². The van der Waals surface area contributed by atoms with Crippen molar-refractivity contribution in [1.29, 1.82) is 5.26 Å². The molecule has 0 aromatic carbocycles. The van der Waals surface area contributed by atoms with Crippen LogP contribution in [0.2, 0.25) is 0 Å². The molecule has 1 heterocycles. The van der Waals surface area contributed by atoms with E-state index in [9.17, 15) is 4.79 Å². The first kappa shape index (κ1) is 11.2. The van der Waals surface area contributed by atoms with E-state index in [1.54, 1.807) is 6.07 Å². The van der Waals surface area contributed by atoms with Gasteiger partial charge in [-0.3, -0.25) is 4.79 Å². The van der Waals surface area contributed by atoms with Gasteiger partial charge in [0, 0.05) is 13.0 Å². The lowest BCUT2D eigenvalue weighted by atomic mass is 10.3. The number of unbranched alkanes of at least 4 members (excludes halogenated alkanes) is 1. The summed E-state index contributed by atoms with van der Waals surface area (Å²) in [5.41, 5.74) is 0. The van der Waals surface area contributed by atoms with Crippen molar-refractivity contribution in [2.75, 3.05) is 6.54 Å². The minimum Gasteiger partial charge on any atom is -0.351 e. The van der Waals surface area contributed by atoms with E-state index in [1.807, 2.05) is 12.1 Å². The Morgan fingerprint density at radius 1 is 1.64 bits per heavy atom. The number of hydrogen-bond acceptors (Lipinski definition) is 3. The van der Waals surface area contributed by atoms with Crippen LogP contribution >= 0.6 is 27.3 Å². The number of hydrogen-bond donors (Lipinski definition) is 1. The maximum absolute atomic E-state index is 11.4. The molecule has 1 rings (SSSR count). The molecule has 0 spiro atoms. The molecule has 0 bridgehead atoms. The van der Waals surface area contributed by atoms with E-state index in [-0.39, 0.29) is 5.91 Å². The minimum atomic E-state index is -0.0707. The monoisotopic (exact) mass is 272 g/mol. The van der Waals surface area contributed by atoms with Crippen molar-refractivity contribution in [1.82, 2.24) is 5.32 Å². The van der Waals surface area contributed by atoms with Gasteiger partial charge in [0.1, 0.15) is 0 Å². The number of nitrogens with one attached hydrogen (secondary N) is 1. The lowest BCUT2D eigenvalue weighted by Crippen LogP contribution is -2.23. The molecule has 74 valence electrons. The Bertz CT molecular complexity index is 356. The third kappa shape index (κ3) is 3.48. The summed E-state index contributed by atoms with van der Waals surface area (Å²) in [6.45, 7) is 0.557. The normalized spacial score (nSPS) is 9.43. The number of carbonyl (C=O) groups excluding carboxylic acids is 1. The topological polar surface area (TPSA) is 52.9 Å². The van der Waals surface area contributed by atoms with E-state index in [1.165, 1.54) is 11.3 Å². The van der Waals surface area contributed by atoms with Crippen LogP contribution in [0, 0.1) is 11.3 Å². The molecule has 0 atom stereocenters. The van der Waals surface area contributed by atoms with Gasteiger partial charge in [-0.25, -0.2) is 0 Å². The molecule has 0 aliphatic heterocycles. The fourth-order valence-corrected chi connectivity index (χ4v) is 2.20. The van der Waals surface area contributed by atoms with Crippen LogP contribution in [-0.4, -0.2) is 12.5 Å². The second-order valence-electron chi connectivity index (χ2n) is 2.62. The first-order chi connectivity index (χ1) is 6.74. The number of rotatable bonds is 4. The average molecular weight is 273 g/mol. The van der Waals surface area contributed by atoms with Gasteiger partial charge in [-0.2, -0.15) is 5.26 Å². The van der Waals surface area contributed by atoms with Gasteiger partial charge in [-0.1, -0.05) is 0 Å². The highest BCUT2D eigenvalue weighted by atomic mass is 79.9. The molecule has 1 aromatic rings. The summed E-state index contributed by atoms with van der Waals surface area (Å²) in [4.78, 5) is 12.1. The van der Waals surface area contributed by atoms with Crippen LogP contribution in [0.5, 0.6) is 0 Å². The zero-order chi connectivity index (χ0) is 10.4. The predicted octanol–water partition coefficient (Wildman–Crippen LogP) is 2.54. The molecule has 0 fully saturated rings. The lowest BCUT2D eigenvalue weighted by Gasteiger charge is -1.99. The molecule has 1 aromatic heterocycles. The van der Waals surface area contributed by atoms with Crippen molar-refractivity contribution < 1.29 is 4.79 Å². The van der Waals surface area contributed by atoms with Crippen molar-refractivity contribution in [2.24, 2.45) is 0 Å². The van der Waals surface area contributed by atoms with Gasteiger partial charge in [0.2, 0.25) is 0 Å². The summed E-state index contributed by atoms with van der Waals surface area (Å²) >= 11 is 4.69. The van der Waals surface area contributed by atoms with Crippen LogP contribution in [0.25, 0.3) is 0 Å². The Labute approximate surface area is 94.9 Å². The van der Waals surface area contributed by atoms with Crippen molar-refractivity contribution >= 4 is 33.2 Å². The molecular formula is C9H9BrN2OS. The largest absolute Gasteiger partial charge is 0.351 e. The van der Waals surface area contributed by atoms with Gasteiger partial charge in [0.15, 0.2) is 0 Å². The second-order valence-corrected chi connectivity index (χ2v) is 5.08. The van der Waals surface area contributed by atoms with Crippen LogP contribution in [0.15, 0.2) is 15.9 Å². The number of amides is 1. The number of thiophene rings is 1. The van der Waals surface area contributed by atoms with E-state index in [0.29, 0.717) is 24.3 Å². The summed E-state index contributed by atoms with van der Waals surface area (Å²) in [5.74, 6) is -0.0707. The number of carbonyl (C=O) groups is 1. The van der Waals surface area contributed by atoms with Crippen LogP contribution < -0.4 is 5.32 Å².